The van der Waals surface area contributed by atoms with Crippen molar-refractivity contribution in [2.24, 2.45) is 0 Å². The second-order valence-electron chi connectivity index (χ2n) is 6.83. The lowest BCUT2D eigenvalue weighted by Gasteiger charge is -2.07. The van der Waals surface area contributed by atoms with E-state index in [4.69, 9.17) is 4.52 Å². The molecule has 0 aliphatic carbocycles. The minimum atomic E-state index is 0.0209. The molecule has 2 heterocycles. The highest BCUT2D eigenvalue weighted by Crippen LogP contribution is 2.18. The molecule has 0 fully saturated rings. The lowest BCUT2D eigenvalue weighted by atomic mass is 10.1. The highest BCUT2D eigenvalue weighted by molar-refractivity contribution is 5.79. The number of amides is 1. The Labute approximate surface area is 159 Å². The summed E-state index contributed by atoms with van der Waals surface area (Å²) in [5.41, 5.74) is 5.96. The molecule has 3 rings (SSSR count). The number of nitrogens with one attached hydrogen (secondary N) is 1. The van der Waals surface area contributed by atoms with E-state index in [2.05, 4.69) is 15.6 Å². The molecule has 1 N–H and O–H groups in total. The molecule has 3 aromatic rings. The van der Waals surface area contributed by atoms with Gasteiger partial charge in [0.15, 0.2) is 0 Å². The van der Waals surface area contributed by atoms with Crippen LogP contribution in [-0.2, 0) is 17.6 Å². The summed E-state index contributed by atoms with van der Waals surface area (Å²) >= 11 is 0. The fourth-order valence-corrected chi connectivity index (χ4v) is 3.33. The molecule has 142 valence electrons. The van der Waals surface area contributed by atoms with E-state index in [0.29, 0.717) is 13.0 Å². The Hall–Kier alpha value is -2.89. The molecule has 0 saturated heterocycles. The molecule has 6 nitrogen and oxygen atoms in total. The van der Waals surface area contributed by atoms with Crippen molar-refractivity contribution in [2.45, 2.75) is 47.0 Å². The van der Waals surface area contributed by atoms with E-state index in [9.17, 15) is 4.79 Å². The number of aromatic nitrogens is 3. The number of rotatable bonds is 7. The van der Waals surface area contributed by atoms with Crippen molar-refractivity contribution in [3.8, 4) is 5.69 Å². The zero-order chi connectivity index (χ0) is 19.4. The average Bonchev–Trinajstić information content (AvgIpc) is 3.13. The van der Waals surface area contributed by atoms with Crippen molar-refractivity contribution >= 4 is 5.91 Å². The molecule has 0 radical (unpaired) electrons. The number of hydrogen-bond donors (Lipinski definition) is 1. The van der Waals surface area contributed by atoms with Crippen LogP contribution in [0.3, 0.4) is 0 Å². The highest BCUT2D eigenvalue weighted by atomic mass is 16.5. The van der Waals surface area contributed by atoms with Gasteiger partial charge in [-0.15, -0.1) is 0 Å². The number of nitrogens with zero attached hydrogens (tertiary/aromatic N) is 3. The van der Waals surface area contributed by atoms with Crippen LogP contribution in [0.25, 0.3) is 5.69 Å². The van der Waals surface area contributed by atoms with Gasteiger partial charge in [0.2, 0.25) is 5.91 Å². The molecule has 0 aliphatic heterocycles. The number of hydrogen-bond acceptors (Lipinski definition) is 4. The van der Waals surface area contributed by atoms with Gasteiger partial charge in [0.1, 0.15) is 5.76 Å². The van der Waals surface area contributed by atoms with Crippen LogP contribution in [0, 0.1) is 27.7 Å². The maximum Gasteiger partial charge on any atom is 0.224 e. The van der Waals surface area contributed by atoms with Crippen molar-refractivity contribution in [2.75, 3.05) is 6.54 Å². The predicted molar refractivity (Wildman–Crippen MR) is 104 cm³/mol. The third-order valence-electron chi connectivity index (χ3n) is 4.89. The molecule has 2 aromatic heterocycles. The molecule has 1 amide bonds. The molecule has 0 spiro atoms. The average molecular weight is 366 g/mol. The van der Waals surface area contributed by atoms with E-state index >= 15 is 0 Å². The molecule has 27 heavy (non-hydrogen) atoms. The summed E-state index contributed by atoms with van der Waals surface area (Å²) in [4.78, 5) is 12.4. The van der Waals surface area contributed by atoms with E-state index in [1.165, 1.54) is 0 Å². The first-order valence-electron chi connectivity index (χ1n) is 9.26. The van der Waals surface area contributed by atoms with Gasteiger partial charge in [-0.3, -0.25) is 4.79 Å². The highest BCUT2D eigenvalue weighted by Gasteiger charge is 2.16. The van der Waals surface area contributed by atoms with E-state index in [1.807, 2.05) is 62.7 Å². The van der Waals surface area contributed by atoms with Crippen molar-refractivity contribution in [3.63, 3.8) is 0 Å². The number of aryl methyl sites for hydroxylation is 3. The van der Waals surface area contributed by atoms with Crippen LogP contribution >= 0.6 is 0 Å². The van der Waals surface area contributed by atoms with Crippen LogP contribution in [0.5, 0.6) is 0 Å². The quantitative estimate of drug-likeness (QED) is 0.651. The third kappa shape index (κ3) is 4.27. The molecule has 0 atom stereocenters. The second-order valence-corrected chi connectivity index (χ2v) is 6.83. The first kappa shape index (κ1) is 18.9. The summed E-state index contributed by atoms with van der Waals surface area (Å²) in [6, 6.07) is 9.97. The topological polar surface area (TPSA) is 73.0 Å². The smallest absolute Gasteiger partial charge is 0.224 e. The van der Waals surface area contributed by atoms with E-state index in [0.717, 1.165) is 52.5 Å². The summed E-state index contributed by atoms with van der Waals surface area (Å²) in [5.74, 6) is 0.881. The van der Waals surface area contributed by atoms with Crippen LogP contribution in [0.15, 0.2) is 34.9 Å². The zero-order valence-electron chi connectivity index (χ0n) is 16.4. The molecule has 0 aliphatic rings. The van der Waals surface area contributed by atoms with Gasteiger partial charge in [-0.2, -0.15) is 5.10 Å². The minimum absolute atomic E-state index is 0.0209. The van der Waals surface area contributed by atoms with Crippen LogP contribution in [0.4, 0.5) is 0 Å². The molecular weight excluding hydrogens is 340 g/mol. The van der Waals surface area contributed by atoms with Gasteiger partial charge in [-0.1, -0.05) is 23.4 Å². The van der Waals surface area contributed by atoms with E-state index in [-0.39, 0.29) is 5.91 Å². The summed E-state index contributed by atoms with van der Waals surface area (Å²) in [7, 11) is 0. The fraction of sp³-hybridized carbons (Fsp3) is 0.381. The molecular formula is C21H26N4O2. The molecule has 0 saturated carbocycles. The van der Waals surface area contributed by atoms with Crippen LogP contribution < -0.4 is 5.32 Å². The van der Waals surface area contributed by atoms with E-state index < -0.39 is 0 Å². The normalized spacial score (nSPS) is 11.0. The summed E-state index contributed by atoms with van der Waals surface area (Å²) in [6.07, 6.45) is 2.05. The number of carbonyl (C=O) groups excluding carboxylic acids is 1. The standard InChI is InChI=1S/C21H26N4O2/c1-14-20(16(3)25(23-14)18-9-6-5-7-10-18)13-21(26)22-12-8-11-19-15(2)24-27-17(19)4/h5-7,9-10H,8,11-13H2,1-4H3,(H,22,26). The molecule has 0 unspecified atom stereocenters. The Kier molecular flexibility index (Phi) is 5.74. The maximum absolute atomic E-state index is 12.4. The lowest BCUT2D eigenvalue weighted by Crippen LogP contribution is -2.26. The minimum Gasteiger partial charge on any atom is -0.361 e. The SMILES string of the molecule is Cc1noc(C)c1CCCNC(=O)Cc1c(C)nn(-c2ccccc2)c1C. The van der Waals surface area contributed by atoms with Crippen LogP contribution in [0.2, 0.25) is 0 Å². The van der Waals surface area contributed by atoms with E-state index in [1.54, 1.807) is 0 Å². The molecule has 6 heteroatoms. The second kappa shape index (κ2) is 8.20. The van der Waals surface area contributed by atoms with Crippen molar-refractivity contribution < 1.29 is 9.32 Å². The molecule has 1 aromatic carbocycles. The monoisotopic (exact) mass is 366 g/mol. The summed E-state index contributed by atoms with van der Waals surface area (Å²) in [5, 5.41) is 11.6. The maximum atomic E-state index is 12.4. The van der Waals surface area contributed by atoms with Crippen molar-refractivity contribution in [3.05, 3.63) is 64.3 Å². The Bertz CT molecular complexity index is 906. The number of benzene rings is 1. The van der Waals surface area contributed by atoms with Gasteiger partial charge < -0.3 is 9.84 Å². The zero-order valence-corrected chi connectivity index (χ0v) is 16.4. The largest absolute Gasteiger partial charge is 0.361 e. The first-order valence-corrected chi connectivity index (χ1v) is 9.26. The third-order valence-corrected chi connectivity index (χ3v) is 4.89. The van der Waals surface area contributed by atoms with Crippen molar-refractivity contribution in [1.82, 2.24) is 20.3 Å². The van der Waals surface area contributed by atoms with Gasteiger partial charge in [0.25, 0.3) is 0 Å². The Morgan fingerprint density at radius 1 is 1.07 bits per heavy atom. The van der Waals surface area contributed by atoms with Gasteiger partial charge in [-0.05, 0) is 52.7 Å². The van der Waals surface area contributed by atoms with Gasteiger partial charge >= 0.3 is 0 Å². The van der Waals surface area contributed by atoms with Crippen LogP contribution in [-0.4, -0.2) is 27.4 Å². The summed E-state index contributed by atoms with van der Waals surface area (Å²) < 4.78 is 7.07. The van der Waals surface area contributed by atoms with Gasteiger partial charge in [-0.25, -0.2) is 4.68 Å². The van der Waals surface area contributed by atoms with Crippen molar-refractivity contribution in [1.29, 1.82) is 0 Å². The Balaban J connectivity index is 1.56. The molecule has 0 bridgehead atoms. The number of carbonyl (C=O) groups is 1. The van der Waals surface area contributed by atoms with Gasteiger partial charge in [0, 0.05) is 23.4 Å². The summed E-state index contributed by atoms with van der Waals surface area (Å²) in [6.45, 7) is 8.46. The lowest BCUT2D eigenvalue weighted by molar-refractivity contribution is -0.120. The number of para-hydroxylation sites is 1. The van der Waals surface area contributed by atoms with Crippen LogP contribution in [0.1, 0.15) is 40.4 Å². The Morgan fingerprint density at radius 2 is 1.81 bits per heavy atom. The predicted octanol–water partition coefficient (Wildman–Crippen LogP) is 3.39. The van der Waals surface area contributed by atoms with Gasteiger partial charge in [0.05, 0.1) is 23.5 Å². The Morgan fingerprint density at radius 3 is 2.48 bits per heavy atom. The first-order chi connectivity index (χ1) is 13.0. The fourth-order valence-electron chi connectivity index (χ4n) is 3.33.